The number of hydrogen-bond acceptors (Lipinski definition) is 3. The van der Waals surface area contributed by atoms with Crippen molar-refractivity contribution in [2.75, 3.05) is 7.11 Å². The minimum atomic E-state index is -0.0457. The smallest absolute Gasteiger partial charge is 0.0792 e. The minimum absolute atomic E-state index is 0.0457. The lowest BCUT2D eigenvalue weighted by molar-refractivity contribution is 0.0623. The second-order valence-electron chi connectivity index (χ2n) is 4.30. The summed E-state index contributed by atoms with van der Waals surface area (Å²) in [4.78, 5) is 4.26. The van der Waals surface area contributed by atoms with Crippen molar-refractivity contribution in [3.63, 3.8) is 0 Å². The molecule has 1 saturated carbocycles. The largest absolute Gasteiger partial charge is 0.379 e. The Kier molecular flexibility index (Phi) is 3.03. The highest BCUT2D eigenvalue weighted by molar-refractivity contribution is 5.18. The van der Waals surface area contributed by atoms with Crippen LogP contribution in [0.4, 0.5) is 0 Å². The molecule has 0 radical (unpaired) electrons. The number of rotatable bonds is 4. The molecule has 1 aliphatic carbocycles. The van der Waals surface area contributed by atoms with Crippen LogP contribution in [-0.4, -0.2) is 18.2 Å². The second kappa shape index (κ2) is 4.29. The highest BCUT2D eigenvalue weighted by atomic mass is 16.5. The first-order valence-corrected chi connectivity index (χ1v) is 5.43. The zero-order chi connectivity index (χ0) is 10.8. The number of pyridine rings is 1. The van der Waals surface area contributed by atoms with E-state index in [4.69, 9.17) is 10.5 Å². The van der Waals surface area contributed by atoms with Gasteiger partial charge in [0.15, 0.2) is 0 Å². The molecule has 0 aromatic carbocycles. The first-order chi connectivity index (χ1) is 7.22. The van der Waals surface area contributed by atoms with Crippen molar-refractivity contribution in [2.24, 2.45) is 11.7 Å². The molecule has 1 aromatic rings. The molecular weight excluding hydrogens is 188 g/mol. The Balaban J connectivity index is 2.11. The maximum Gasteiger partial charge on any atom is 0.0792 e. The average Bonchev–Trinajstić information content (AvgIpc) is 3.04. The van der Waals surface area contributed by atoms with Crippen LogP contribution in [0.1, 0.15) is 30.1 Å². The average molecular weight is 206 g/mol. The monoisotopic (exact) mass is 206 g/mol. The number of hydrogen-bond donors (Lipinski definition) is 1. The molecule has 0 bridgehead atoms. The van der Waals surface area contributed by atoms with E-state index in [1.807, 2.05) is 25.3 Å². The van der Waals surface area contributed by atoms with Crippen molar-refractivity contribution in [3.8, 4) is 0 Å². The molecule has 0 amide bonds. The fraction of sp³-hybridized carbons (Fsp3) is 0.583. The van der Waals surface area contributed by atoms with Gasteiger partial charge in [-0.2, -0.15) is 0 Å². The zero-order valence-electron chi connectivity index (χ0n) is 9.31. The molecular formula is C12H18N2O. The van der Waals surface area contributed by atoms with Gasteiger partial charge in [-0.25, -0.2) is 0 Å². The normalized spacial score (nSPS) is 19.9. The Morgan fingerprint density at radius 2 is 2.20 bits per heavy atom. The summed E-state index contributed by atoms with van der Waals surface area (Å²) in [6.45, 7) is 1.98. The summed E-state index contributed by atoms with van der Waals surface area (Å²) in [5.74, 6) is 0.645. The molecule has 2 rings (SSSR count). The van der Waals surface area contributed by atoms with Crippen LogP contribution >= 0.6 is 0 Å². The van der Waals surface area contributed by atoms with Gasteiger partial charge in [-0.3, -0.25) is 4.98 Å². The van der Waals surface area contributed by atoms with Crippen molar-refractivity contribution in [1.29, 1.82) is 0 Å². The van der Waals surface area contributed by atoms with Crippen LogP contribution in [0, 0.1) is 12.8 Å². The topological polar surface area (TPSA) is 48.1 Å². The van der Waals surface area contributed by atoms with Crippen molar-refractivity contribution in [2.45, 2.75) is 31.9 Å². The van der Waals surface area contributed by atoms with Crippen LogP contribution in [0.15, 0.2) is 18.3 Å². The van der Waals surface area contributed by atoms with Gasteiger partial charge >= 0.3 is 0 Å². The van der Waals surface area contributed by atoms with Gasteiger partial charge in [-0.05, 0) is 37.3 Å². The zero-order valence-corrected chi connectivity index (χ0v) is 9.31. The molecule has 2 atom stereocenters. The second-order valence-corrected chi connectivity index (χ2v) is 4.30. The van der Waals surface area contributed by atoms with Gasteiger partial charge in [0.05, 0.1) is 12.1 Å². The quantitative estimate of drug-likeness (QED) is 0.817. The Bertz CT molecular complexity index is 319. The van der Waals surface area contributed by atoms with Crippen molar-refractivity contribution < 1.29 is 4.74 Å². The van der Waals surface area contributed by atoms with Crippen LogP contribution in [0.2, 0.25) is 0 Å². The number of nitrogens with zero attached hydrogens (tertiary/aromatic N) is 1. The summed E-state index contributed by atoms with van der Waals surface area (Å²) in [5, 5.41) is 0. The van der Waals surface area contributed by atoms with E-state index < -0.39 is 0 Å². The highest BCUT2D eigenvalue weighted by Crippen LogP contribution is 2.38. The van der Waals surface area contributed by atoms with E-state index in [1.165, 1.54) is 12.8 Å². The summed E-state index contributed by atoms with van der Waals surface area (Å²) in [6, 6.07) is 3.99. The van der Waals surface area contributed by atoms with Crippen LogP contribution in [0.5, 0.6) is 0 Å². The lowest BCUT2D eigenvalue weighted by Gasteiger charge is -2.22. The lowest BCUT2D eigenvalue weighted by atomic mass is 10.0. The maximum atomic E-state index is 6.18. The molecule has 0 aliphatic heterocycles. The fourth-order valence-corrected chi connectivity index (χ4v) is 1.92. The van der Waals surface area contributed by atoms with Gasteiger partial charge in [-0.15, -0.1) is 0 Å². The Labute approximate surface area is 90.7 Å². The van der Waals surface area contributed by atoms with Gasteiger partial charge in [0.25, 0.3) is 0 Å². The Morgan fingerprint density at radius 1 is 1.47 bits per heavy atom. The third kappa shape index (κ3) is 2.36. The number of methoxy groups -OCH3 is 1. The molecule has 0 spiro atoms. The van der Waals surface area contributed by atoms with Crippen LogP contribution in [-0.2, 0) is 4.74 Å². The number of ether oxygens (including phenoxy) is 1. The van der Waals surface area contributed by atoms with E-state index in [1.54, 1.807) is 7.11 Å². The Morgan fingerprint density at radius 3 is 2.67 bits per heavy atom. The molecule has 15 heavy (non-hydrogen) atoms. The van der Waals surface area contributed by atoms with E-state index >= 15 is 0 Å². The molecule has 3 heteroatoms. The number of aromatic nitrogens is 1. The first-order valence-electron chi connectivity index (χ1n) is 5.43. The van der Waals surface area contributed by atoms with Gasteiger partial charge in [0.2, 0.25) is 0 Å². The number of nitrogens with two attached hydrogens (primary N) is 1. The number of aryl methyl sites for hydroxylation is 1. The van der Waals surface area contributed by atoms with Gasteiger partial charge in [-0.1, -0.05) is 6.07 Å². The SMILES string of the molecule is COC(C1CC1)C(N)c1ccc(C)nc1. The van der Waals surface area contributed by atoms with Crippen LogP contribution in [0.3, 0.4) is 0 Å². The van der Waals surface area contributed by atoms with Crippen molar-refractivity contribution in [3.05, 3.63) is 29.6 Å². The minimum Gasteiger partial charge on any atom is -0.379 e. The summed E-state index contributed by atoms with van der Waals surface area (Å²) < 4.78 is 5.47. The highest BCUT2D eigenvalue weighted by Gasteiger charge is 2.35. The Hall–Kier alpha value is -0.930. The third-order valence-electron chi connectivity index (χ3n) is 3.03. The first kappa shape index (κ1) is 10.6. The van der Waals surface area contributed by atoms with Crippen molar-refractivity contribution in [1.82, 2.24) is 4.98 Å². The van der Waals surface area contributed by atoms with Gasteiger partial charge in [0, 0.05) is 19.0 Å². The van der Waals surface area contributed by atoms with E-state index in [0.717, 1.165) is 11.3 Å². The molecule has 1 aliphatic rings. The summed E-state index contributed by atoms with van der Waals surface area (Å²) in [7, 11) is 1.74. The summed E-state index contributed by atoms with van der Waals surface area (Å²) >= 11 is 0. The summed E-state index contributed by atoms with van der Waals surface area (Å²) in [5.41, 5.74) is 8.26. The molecule has 2 unspecified atom stereocenters. The molecule has 2 N–H and O–H groups in total. The lowest BCUT2D eigenvalue weighted by Crippen LogP contribution is -2.29. The predicted molar refractivity (Wildman–Crippen MR) is 59.4 cm³/mol. The molecule has 1 aromatic heterocycles. The van der Waals surface area contributed by atoms with E-state index in [9.17, 15) is 0 Å². The molecule has 1 heterocycles. The van der Waals surface area contributed by atoms with E-state index in [0.29, 0.717) is 5.92 Å². The molecule has 82 valence electrons. The summed E-state index contributed by atoms with van der Waals surface area (Å²) in [6.07, 6.45) is 4.49. The fourth-order valence-electron chi connectivity index (χ4n) is 1.92. The maximum absolute atomic E-state index is 6.18. The van der Waals surface area contributed by atoms with Gasteiger partial charge in [0.1, 0.15) is 0 Å². The van der Waals surface area contributed by atoms with Gasteiger partial charge < -0.3 is 10.5 Å². The van der Waals surface area contributed by atoms with Crippen LogP contribution < -0.4 is 5.73 Å². The van der Waals surface area contributed by atoms with Crippen molar-refractivity contribution >= 4 is 0 Å². The molecule has 0 saturated heterocycles. The van der Waals surface area contributed by atoms with E-state index in [2.05, 4.69) is 4.98 Å². The molecule has 3 nitrogen and oxygen atoms in total. The third-order valence-corrected chi connectivity index (χ3v) is 3.03. The standard InChI is InChI=1S/C12H18N2O/c1-8-3-4-10(7-14-8)11(13)12(15-2)9-5-6-9/h3-4,7,9,11-12H,5-6,13H2,1-2H3. The van der Waals surface area contributed by atoms with Crippen LogP contribution in [0.25, 0.3) is 0 Å². The predicted octanol–water partition coefficient (Wildman–Crippen LogP) is 1.81. The molecule has 1 fully saturated rings. The van der Waals surface area contributed by atoms with E-state index in [-0.39, 0.29) is 12.1 Å².